The number of fused-ring (bicyclic) bond motifs is 1. The summed E-state index contributed by atoms with van der Waals surface area (Å²) in [6, 6.07) is 11.4. The highest BCUT2D eigenvalue weighted by molar-refractivity contribution is 7.90. The summed E-state index contributed by atoms with van der Waals surface area (Å²) in [5.41, 5.74) is 1.63. The van der Waals surface area contributed by atoms with Gasteiger partial charge in [0.05, 0.1) is 4.90 Å². The van der Waals surface area contributed by atoms with Crippen molar-refractivity contribution in [2.75, 3.05) is 6.79 Å². The van der Waals surface area contributed by atoms with Crippen LogP contribution in [0.25, 0.3) is 6.08 Å². The van der Waals surface area contributed by atoms with Gasteiger partial charge in [0, 0.05) is 6.08 Å². The van der Waals surface area contributed by atoms with Gasteiger partial charge in [0.1, 0.15) is 0 Å². The summed E-state index contributed by atoms with van der Waals surface area (Å²) in [5.74, 6) is 0.497. The summed E-state index contributed by atoms with van der Waals surface area (Å²) in [6.45, 7) is 2.01. The maximum atomic E-state index is 12.1. The van der Waals surface area contributed by atoms with Gasteiger partial charge in [-0.3, -0.25) is 4.79 Å². The zero-order valence-corrected chi connectivity index (χ0v) is 13.7. The van der Waals surface area contributed by atoms with E-state index in [4.69, 9.17) is 9.47 Å². The lowest BCUT2D eigenvalue weighted by atomic mass is 10.2. The number of rotatable bonds is 4. The van der Waals surface area contributed by atoms with Gasteiger partial charge < -0.3 is 9.47 Å². The van der Waals surface area contributed by atoms with Crippen molar-refractivity contribution < 1.29 is 22.7 Å². The Labute approximate surface area is 139 Å². The molecule has 0 atom stereocenters. The predicted molar refractivity (Wildman–Crippen MR) is 88.1 cm³/mol. The van der Waals surface area contributed by atoms with E-state index in [1.165, 1.54) is 18.2 Å². The Kier molecular flexibility index (Phi) is 4.26. The lowest BCUT2D eigenvalue weighted by molar-refractivity contribution is -0.114. The number of carbonyl (C=O) groups excluding carboxylic acids is 1. The zero-order chi connectivity index (χ0) is 17.2. The van der Waals surface area contributed by atoms with Crippen LogP contribution in [0.2, 0.25) is 0 Å². The van der Waals surface area contributed by atoms with Gasteiger partial charge in [-0.05, 0) is 42.8 Å². The number of nitrogens with one attached hydrogen (secondary N) is 1. The minimum atomic E-state index is -3.89. The zero-order valence-electron chi connectivity index (χ0n) is 12.9. The van der Waals surface area contributed by atoms with Crippen molar-refractivity contribution in [3.63, 3.8) is 0 Å². The normalized spacial score (nSPS) is 13.2. The van der Waals surface area contributed by atoms with E-state index >= 15 is 0 Å². The number of sulfonamides is 1. The van der Waals surface area contributed by atoms with E-state index in [0.717, 1.165) is 11.6 Å². The molecule has 2 aromatic carbocycles. The Morgan fingerprint density at radius 3 is 2.54 bits per heavy atom. The van der Waals surface area contributed by atoms with Gasteiger partial charge >= 0.3 is 0 Å². The third-order valence-corrected chi connectivity index (χ3v) is 4.75. The molecule has 7 heteroatoms. The van der Waals surface area contributed by atoms with Gasteiger partial charge in [-0.25, -0.2) is 13.1 Å². The SMILES string of the molecule is Cc1ccc(S(=O)(=O)NC(=O)/C=C/c2ccc3c(c2)OCO3)cc1. The predicted octanol–water partition coefficient (Wildman–Crippen LogP) is 2.24. The first-order valence-corrected chi connectivity index (χ1v) is 8.63. The molecular weight excluding hydrogens is 330 g/mol. The largest absolute Gasteiger partial charge is 0.454 e. The van der Waals surface area contributed by atoms with Crippen LogP contribution < -0.4 is 14.2 Å². The maximum absolute atomic E-state index is 12.1. The summed E-state index contributed by atoms with van der Waals surface area (Å²) in [4.78, 5) is 11.9. The van der Waals surface area contributed by atoms with E-state index < -0.39 is 15.9 Å². The molecular formula is C17H15NO5S. The van der Waals surface area contributed by atoms with E-state index in [1.54, 1.807) is 30.3 Å². The second-order valence-corrected chi connectivity index (χ2v) is 6.91. The molecule has 1 aliphatic rings. The maximum Gasteiger partial charge on any atom is 0.264 e. The lowest BCUT2D eigenvalue weighted by Gasteiger charge is -2.05. The number of hydrogen-bond donors (Lipinski definition) is 1. The van der Waals surface area contributed by atoms with Gasteiger partial charge in [-0.1, -0.05) is 23.8 Å². The number of aryl methyl sites for hydroxylation is 1. The third kappa shape index (κ3) is 3.57. The summed E-state index contributed by atoms with van der Waals surface area (Å²) in [5, 5.41) is 0. The van der Waals surface area contributed by atoms with E-state index in [1.807, 2.05) is 11.6 Å². The third-order valence-electron chi connectivity index (χ3n) is 3.39. The van der Waals surface area contributed by atoms with Crippen LogP contribution in [-0.2, 0) is 14.8 Å². The molecule has 24 heavy (non-hydrogen) atoms. The van der Waals surface area contributed by atoms with Crippen molar-refractivity contribution in [2.45, 2.75) is 11.8 Å². The molecule has 0 fully saturated rings. The molecule has 0 saturated carbocycles. The van der Waals surface area contributed by atoms with Crippen molar-refractivity contribution in [1.29, 1.82) is 0 Å². The Morgan fingerprint density at radius 2 is 1.79 bits per heavy atom. The van der Waals surface area contributed by atoms with Crippen LogP contribution in [-0.4, -0.2) is 21.1 Å². The molecule has 1 aliphatic heterocycles. The van der Waals surface area contributed by atoms with Crippen LogP contribution in [0, 0.1) is 6.92 Å². The molecule has 0 spiro atoms. The van der Waals surface area contributed by atoms with E-state index in [0.29, 0.717) is 17.1 Å². The van der Waals surface area contributed by atoms with Gasteiger partial charge in [-0.2, -0.15) is 0 Å². The lowest BCUT2D eigenvalue weighted by Crippen LogP contribution is -2.28. The molecule has 1 heterocycles. The topological polar surface area (TPSA) is 81.7 Å². The van der Waals surface area contributed by atoms with E-state index in [2.05, 4.69) is 0 Å². The van der Waals surface area contributed by atoms with Crippen LogP contribution in [0.1, 0.15) is 11.1 Å². The molecule has 3 rings (SSSR count). The highest BCUT2D eigenvalue weighted by Crippen LogP contribution is 2.32. The van der Waals surface area contributed by atoms with Crippen LogP contribution >= 0.6 is 0 Å². The fourth-order valence-electron chi connectivity index (χ4n) is 2.13. The Morgan fingerprint density at radius 1 is 1.08 bits per heavy atom. The average Bonchev–Trinajstić information content (AvgIpc) is 3.00. The van der Waals surface area contributed by atoms with E-state index in [9.17, 15) is 13.2 Å². The number of amides is 1. The number of hydrogen-bond acceptors (Lipinski definition) is 5. The monoisotopic (exact) mass is 345 g/mol. The number of carbonyl (C=O) groups is 1. The van der Waals surface area contributed by atoms with Crippen molar-refractivity contribution in [1.82, 2.24) is 4.72 Å². The molecule has 0 bridgehead atoms. The smallest absolute Gasteiger partial charge is 0.264 e. The molecule has 124 valence electrons. The Balaban J connectivity index is 1.69. The second kappa shape index (κ2) is 6.37. The first-order chi connectivity index (χ1) is 11.4. The standard InChI is InChI=1S/C17H15NO5S/c1-12-2-6-14(7-3-12)24(20,21)18-17(19)9-5-13-4-8-15-16(10-13)23-11-22-15/h2-10H,11H2,1H3,(H,18,19)/b9-5+. The highest BCUT2D eigenvalue weighted by atomic mass is 32.2. The van der Waals surface area contributed by atoms with Crippen molar-refractivity contribution in [3.8, 4) is 11.5 Å². The minimum Gasteiger partial charge on any atom is -0.454 e. The molecule has 2 aromatic rings. The fraction of sp³-hybridized carbons (Fsp3) is 0.118. The van der Waals surface area contributed by atoms with Crippen molar-refractivity contribution in [2.24, 2.45) is 0 Å². The quantitative estimate of drug-likeness (QED) is 0.860. The molecule has 0 saturated heterocycles. The van der Waals surface area contributed by atoms with Gasteiger partial charge in [0.2, 0.25) is 6.79 Å². The number of ether oxygens (including phenoxy) is 2. The van der Waals surface area contributed by atoms with Crippen molar-refractivity contribution in [3.05, 3.63) is 59.7 Å². The fourth-order valence-corrected chi connectivity index (χ4v) is 3.08. The molecule has 1 N–H and O–H groups in total. The molecule has 0 aromatic heterocycles. The van der Waals surface area contributed by atoms with Gasteiger partial charge in [0.25, 0.3) is 15.9 Å². The molecule has 0 unspecified atom stereocenters. The number of benzene rings is 2. The molecule has 0 radical (unpaired) electrons. The first kappa shape index (κ1) is 16.1. The van der Waals surface area contributed by atoms with E-state index in [-0.39, 0.29) is 11.7 Å². The van der Waals surface area contributed by atoms with Gasteiger partial charge in [-0.15, -0.1) is 0 Å². The second-order valence-electron chi connectivity index (χ2n) is 5.23. The summed E-state index contributed by atoms with van der Waals surface area (Å²) in [6.07, 6.45) is 2.66. The van der Waals surface area contributed by atoms with Crippen LogP contribution in [0.4, 0.5) is 0 Å². The molecule has 6 nitrogen and oxygen atoms in total. The Hall–Kier alpha value is -2.80. The first-order valence-electron chi connectivity index (χ1n) is 7.15. The van der Waals surface area contributed by atoms with Gasteiger partial charge in [0.15, 0.2) is 11.5 Å². The summed E-state index contributed by atoms with van der Waals surface area (Å²) in [7, 11) is -3.89. The molecule has 0 aliphatic carbocycles. The van der Waals surface area contributed by atoms with Crippen LogP contribution in [0.15, 0.2) is 53.4 Å². The minimum absolute atomic E-state index is 0.0397. The average molecular weight is 345 g/mol. The van der Waals surface area contributed by atoms with Crippen molar-refractivity contribution >= 4 is 22.0 Å². The Bertz CT molecular complexity index is 901. The van der Waals surface area contributed by atoms with Crippen LogP contribution in [0.3, 0.4) is 0 Å². The highest BCUT2D eigenvalue weighted by Gasteiger charge is 2.16. The van der Waals surface area contributed by atoms with Crippen LogP contribution in [0.5, 0.6) is 11.5 Å². The summed E-state index contributed by atoms with van der Waals surface area (Å²) < 4.78 is 36.7. The summed E-state index contributed by atoms with van der Waals surface area (Å²) >= 11 is 0. The molecule has 1 amide bonds.